The topological polar surface area (TPSA) is 60.9 Å². The number of hydrogen-bond donors (Lipinski definition) is 0. The molecule has 0 N–H and O–H groups in total. The van der Waals surface area contributed by atoms with Crippen molar-refractivity contribution in [3.05, 3.63) is 35.6 Å². The number of piperazine rings is 2. The Morgan fingerprint density at radius 2 is 1.78 bits per heavy atom. The number of carbonyl (C=O) groups excluding carboxylic acids is 3. The van der Waals surface area contributed by atoms with Crippen LogP contribution in [0, 0.1) is 5.82 Å². The quantitative estimate of drug-likeness (QED) is 0.750. The maximum Gasteiger partial charge on any atom is 0.254 e. The summed E-state index contributed by atoms with van der Waals surface area (Å²) in [6.45, 7) is 2.56. The van der Waals surface area contributed by atoms with Crippen LogP contribution in [-0.2, 0) is 9.59 Å². The number of halogens is 1. The number of carbonyl (C=O) groups is 3. The molecule has 3 amide bonds. The van der Waals surface area contributed by atoms with E-state index in [4.69, 9.17) is 0 Å². The predicted octanol–water partition coefficient (Wildman–Crippen LogP) is 0.339. The van der Waals surface area contributed by atoms with Crippen molar-refractivity contribution < 1.29 is 18.8 Å². The standard InChI is InChI=1S/C16H18FN3O3/c1-10-14(21)20-8-7-19(9-13(20)16(23)18(10)2)15(22)11-3-5-12(17)6-4-11/h3-6,10,13H,7-9H2,1-2H3/t10-,13+/m0/s1. The first kappa shape index (κ1) is 15.5. The molecule has 0 spiro atoms. The van der Waals surface area contributed by atoms with Crippen LogP contribution in [0.1, 0.15) is 17.3 Å². The van der Waals surface area contributed by atoms with Crippen molar-refractivity contribution in [2.45, 2.75) is 19.0 Å². The minimum atomic E-state index is -0.637. The monoisotopic (exact) mass is 319 g/mol. The fourth-order valence-corrected chi connectivity index (χ4v) is 3.05. The fraction of sp³-hybridized carbons (Fsp3) is 0.438. The Kier molecular flexibility index (Phi) is 3.79. The Morgan fingerprint density at radius 1 is 1.13 bits per heavy atom. The normalized spacial score (nSPS) is 24.7. The number of hydrogen-bond acceptors (Lipinski definition) is 3. The molecule has 0 saturated carbocycles. The minimum absolute atomic E-state index is 0.0917. The van der Waals surface area contributed by atoms with E-state index < -0.39 is 17.9 Å². The summed E-state index contributed by atoms with van der Waals surface area (Å²) in [5.41, 5.74) is 0.371. The van der Waals surface area contributed by atoms with Gasteiger partial charge in [-0.3, -0.25) is 14.4 Å². The molecule has 1 aromatic rings. The molecule has 3 rings (SSSR count). The van der Waals surface area contributed by atoms with Crippen molar-refractivity contribution in [1.29, 1.82) is 0 Å². The number of fused-ring (bicyclic) bond motifs is 1. The molecule has 0 bridgehead atoms. The zero-order valence-corrected chi connectivity index (χ0v) is 13.0. The molecular weight excluding hydrogens is 301 g/mol. The highest BCUT2D eigenvalue weighted by atomic mass is 19.1. The summed E-state index contributed by atoms with van der Waals surface area (Å²) in [4.78, 5) is 41.7. The van der Waals surface area contributed by atoms with Crippen LogP contribution in [0.4, 0.5) is 4.39 Å². The van der Waals surface area contributed by atoms with E-state index in [1.807, 2.05) is 0 Å². The highest BCUT2D eigenvalue weighted by molar-refractivity contribution is 5.99. The molecular formula is C16H18FN3O3. The average Bonchev–Trinajstić information content (AvgIpc) is 2.57. The summed E-state index contributed by atoms with van der Waals surface area (Å²) in [6, 6.07) is 4.20. The van der Waals surface area contributed by atoms with Gasteiger partial charge in [0.2, 0.25) is 11.8 Å². The molecule has 23 heavy (non-hydrogen) atoms. The Hall–Kier alpha value is -2.44. The van der Waals surface area contributed by atoms with Gasteiger partial charge in [0, 0.05) is 25.7 Å². The first-order chi connectivity index (χ1) is 10.9. The summed E-state index contributed by atoms with van der Waals surface area (Å²) < 4.78 is 13.0. The lowest BCUT2D eigenvalue weighted by molar-refractivity contribution is -0.162. The van der Waals surface area contributed by atoms with Gasteiger partial charge in [0.25, 0.3) is 5.91 Å². The second-order valence-corrected chi connectivity index (χ2v) is 5.93. The molecule has 0 unspecified atom stereocenters. The van der Waals surface area contributed by atoms with E-state index in [1.54, 1.807) is 23.8 Å². The van der Waals surface area contributed by atoms with Crippen molar-refractivity contribution in [3.63, 3.8) is 0 Å². The van der Waals surface area contributed by atoms with Crippen LogP contribution >= 0.6 is 0 Å². The molecule has 2 fully saturated rings. The molecule has 1 aromatic carbocycles. The maximum atomic E-state index is 13.0. The van der Waals surface area contributed by atoms with Crippen LogP contribution in [0.15, 0.2) is 24.3 Å². The van der Waals surface area contributed by atoms with Gasteiger partial charge in [-0.25, -0.2) is 4.39 Å². The van der Waals surface area contributed by atoms with Crippen molar-refractivity contribution in [1.82, 2.24) is 14.7 Å². The summed E-state index contributed by atoms with van der Waals surface area (Å²) >= 11 is 0. The Morgan fingerprint density at radius 3 is 2.43 bits per heavy atom. The van der Waals surface area contributed by atoms with E-state index in [2.05, 4.69) is 0 Å². The molecule has 2 heterocycles. The van der Waals surface area contributed by atoms with Gasteiger partial charge in [0.05, 0.1) is 6.54 Å². The van der Waals surface area contributed by atoms with Gasteiger partial charge < -0.3 is 14.7 Å². The summed E-state index contributed by atoms with van der Waals surface area (Å²) in [5.74, 6) is -0.916. The second-order valence-electron chi connectivity index (χ2n) is 5.93. The molecule has 2 atom stereocenters. The van der Waals surface area contributed by atoms with E-state index in [0.717, 1.165) is 0 Å². The van der Waals surface area contributed by atoms with Crippen molar-refractivity contribution in [3.8, 4) is 0 Å². The highest BCUT2D eigenvalue weighted by Gasteiger charge is 2.45. The highest BCUT2D eigenvalue weighted by Crippen LogP contribution is 2.22. The van der Waals surface area contributed by atoms with Gasteiger partial charge >= 0.3 is 0 Å². The molecule has 0 aromatic heterocycles. The third-order valence-electron chi connectivity index (χ3n) is 4.61. The summed E-state index contributed by atoms with van der Waals surface area (Å²) in [6.07, 6.45) is 0. The Balaban J connectivity index is 1.79. The third-order valence-corrected chi connectivity index (χ3v) is 4.61. The molecule has 122 valence electrons. The Bertz CT molecular complexity index is 661. The lowest BCUT2D eigenvalue weighted by Crippen LogP contribution is -2.69. The molecule has 0 aliphatic carbocycles. The van der Waals surface area contributed by atoms with Crippen LogP contribution < -0.4 is 0 Å². The van der Waals surface area contributed by atoms with Crippen molar-refractivity contribution >= 4 is 17.7 Å². The second kappa shape index (κ2) is 5.64. The van der Waals surface area contributed by atoms with E-state index >= 15 is 0 Å². The smallest absolute Gasteiger partial charge is 0.254 e. The SMILES string of the molecule is C[C@H]1C(=O)N2CCN(C(=O)c3ccc(F)cc3)C[C@@H]2C(=O)N1C. The van der Waals surface area contributed by atoms with Gasteiger partial charge in [-0.15, -0.1) is 0 Å². The number of amides is 3. The van der Waals surface area contributed by atoms with Gasteiger partial charge in [-0.2, -0.15) is 0 Å². The lowest BCUT2D eigenvalue weighted by Gasteiger charge is -2.47. The molecule has 7 heteroatoms. The molecule has 2 saturated heterocycles. The predicted molar refractivity (Wildman–Crippen MR) is 80.0 cm³/mol. The summed E-state index contributed by atoms with van der Waals surface area (Å²) in [5, 5.41) is 0. The van der Waals surface area contributed by atoms with Crippen molar-refractivity contribution in [2.24, 2.45) is 0 Å². The lowest BCUT2D eigenvalue weighted by atomic mass is 10.0. The van der Waals surface area contributed by atoms with E-state index in [9.17, 15) is 18.8 Å². The molecule has 6 nitrogen and oxygen atoms in total. The third kappa shape index (κ3) is 2.56. The van der Waals surface area contributed by atoms with Crippen LogP contribution in [-0.4, -0.2) is 71.2 Å². The van der Waals surface area contributed by atoms with E-state index in [0.29, 0.717) is 18.7 Å². The largest absolute Gasteiger partial charge is 0.334 e. The first-order valence-electron chi connectivity index (χ1n) is 7.52. The van der Waals surface area contributed by atoms with Gasteiger partial charge in [-0.05, 0) is 31.2 Å². The van der Waals surface area contributed by atoms with Crippen molar-refractivity contribution in [2.75, 3.05) is 26.7 Å². The fourth-order valence-electron chi connectivity index (χ4n) is 3.05. The molecule has 0 radical (unpaired) electrons. The average molecular weight is 319 g/mol. The zero-order valence-electron chi connectivity index (χ0n) is 13.0. The van der Waals surface area contributed by atoms with Gasteiger partial charge in [-0.1, -0.05) is 0 Å². The van der Waals surface area contributed by atoms with Crippen LogP contribution in [0.3, 0.4) is 0 Å². The van der Waals surface area contributed by atoms with Gasteiger partial charge in [0.1, 0.15) is 17.9 Å². The van der Waals surface area contributed by atoms with E-state index in [1.165, 1.54) is 29.2 Å². The van der Waals surface area contributed by atoms with Crippen LogP contribution in [0.5, 0.6) is 0 Å². The van der Waals surface area contributed by atoms with Crippen LogP contribution in [0.25, 0.3) is 0 Å². The van der Waals surface area contributed by atoms with Crippen LogP contribution in [0.2, 0.25) is 0 Å². The first-order valence-corrected chi connectivity index (χ1v) is 7.52. The number of benzene rings is 1. The number of likely N-dealkylation sites (N-methyl/N-ethyl adjacent to an activating group) is 1. The number of nitrogens with zero attached hydrogens (tertiary/aromatic N) is 3. The minimum Gasteiger partial charge on any atom is -0.334 e. The molecule has 2 aliphatic heterocycles. The maximum absolute atomic E-state index is 13.0. The van der Waals surface area contributed by atoms with Gasteiger partial charge in [0.15, 0.2) is 0 Å². The zero-order chi connectivity index (χ0) is 16.7. The Labute approximate surface area is 133 Å². The number of rotatable bonds is 1. The molecule has 2 aliphatic rings. The summed E-state index contributed by atoms with van der Waals surface area (Å²) in [7, 11) is 1.60. The van der Waals surface area contributed by atoms with E-state index in [-0.39, 0.29) is 24.3 Å².